The van der Waals surface area contributed by atoms with Crippen molar-refractivity contribution >= 4 is 23.7 Å². The first-order valence-corrected chi connectivity index (χ1v) is 8.86. The first kappa shape index (κ1) is 20.8. The summed E-state index contributed by atoms with van der Waals surface area (Å²) in [6, 6.07) is 17.1. The molecule has 0 spiro atoms. The third kappa shape index (κ3) is 7.03. The summed E-state index contributed by atoms with van der Waals surface area (Å²) in [7, 11) is 0. The number of nitrogens with one attached hydrogen (secondary N) is 2. The van der Waals surface area contributed by atoms with E-state index in [4.69, 9.17) is 4.74 Å². The molecule has 7 nitrogen and oxygen atoms in total. The van der Waals surface area contributed by atoms with E-state index in [0.29, 0.717) is 5.56 Å². The first-order valence-electron chi connectivity index (χ1n) is 8.86. The van der Waals surface area contributed by atoms with Crippen LogP contribution in [0, 0.1) is 0 Å². The van der Waals surface area contributed by atoms with Crippen LogP contribution in [0.5, 0.6) is 0 Å². The van der Waals surface area contributed by atoms with Crippen molar-refractivity contribution in [2.75, 3.05) is 0 Å². The standard InChI is InChI=1S/C21H22N2O5/c1-15(20(26)23-21(27)22-14-16-8-4-2-5-9-16)28-19(25)13-12-18(24)17-10-6-3-7-11-17/h2-11,15H,12-14H2,1H3,(H2,22,23,26,27)/t15-/m1/s1. The van der Waals surface area contributed by atoms with Gasteiger partial charge in [0.2, 0.25) is 0 Å². The summed E-state index contributed by atoms with van der Waals surface area (Å²) in [5.74, 6) is -1.61. The Balaban J connectivity index is 1.69. The zero-order valence-electron chi connectivity index (χ0n) is 15.5. The molecule has 0 radical (unpaired) electrons. The summed E-state index contributed by atoms with van der Waals surface area (Å²) in [5, 5.41) is 4.65. The molecule has 0 bridgehead atoms. The largest absolute Gasteiger partial charge is 0.453 e. The van der Waals surface area contributed by atoms with E-state index in [1.165, 1.54) is 6.92 Å². The summed E-state index contributed by atoms with van der Waals surface area (Å²) in [6.07, 6.45) is -1.32. The van der Waals surface area contributed by atoms with Crippen molar-refractivity contribution in [3.05, 3.63) is 71.8 Å². The van der Waals surface area contributed by atoms with Gasteiger partial charge in [-0.2, -0.15) is 0 Å². The molecule has 0 saturated heterocycles. The van der Waals surface area contributed by atoms with Crippen LogP contribution >= 0.6 is 0 Å². The maximum absolute atomic E-state index is 12.0. The number of amides is 3. The zero-order valence-corrected chi connectivity index (χ0v) is 15.5. The number of ketones is 1. The average molecular weight is 382 g/mol. The van der Waals surface area contributed by atoms with Crippen molar-refractivity contribution in [3.8, 4) is 0 Å². The van der Waals surface area contributed by atoms with Crippen molar-refractivity contribution in [1.82, 2.24) is 10.6 Å². The van der Waals surface area contributed by atoms with E-state index < -0.39 is 24.0 Å². The number of rotatable bonds is 8. The highest BCUT2D eigenvalue weighted by Crippen LogP contribution is 2.06. The number of esters is 1. The fourth-order valence-corrected chi connectivity index (χ4v) is 2.33. The Bertz CT molecular complexity index is 821. The molecule has 2 N–H and O–H groups in total. The van der Waals surface area contributed by atoms with Gasteiger partial charge in [0, 0.05) is 18.5 Å². The predicted molar refractivity (Wildman–Crippen MR) is 102 cm³/mol. The Morgan fingerprint density at radius 1 is 0.893 bits per heavy atom. The van der Waals surface area contributed by atoms with Crippen LogP contribution in [0.3, 0.4) is 0 Å². The minimum Gasteiger partial charge on any atom is -0.453 e. The van der Waals surface area contributed by atoms with Crippen LogP contribution in [0.15, 0.2) is 60.7 Å². The van der Waals surface area contributed by atoms with Crippen LogP contribution in [0.25, 0.3) is 0 Å². The highest BCUT2D eigenvalue weighted by Gasteiger charge is 2.20. The molecule has 0 fully saturated rings. The highest BCUT2D eigenvalue weighted by atomic mass is 16.5. The topological polar surface area (TPSA) is 102 Å². The minimum atomic E-state index is -1.15. The van der Waals surface area contributed by atoms with Gasteiger partial charge in [0.1, 0.15) is 0 Å². The van der Waals surface area contributed by atoms with Gasteiger partial charge in [0.25, 0.3) is 5.91 Å². The molecule has 0 heterocycles. The Morgan fingerprint density at radius 2 is 1.50 bits per heavy atom. The van der Waals surface area contributed by atoms with Gasteiger partial charge in [0.15, 0.2) is 11.9 Å². The second-order valence-corrected chi connectivity index (χ2v) is 6.08. The number of carbonyl (C=O) groups excluding carboxylic acids is 4. The number of imide groups is 1. The van der Waals surface area contributed by atoms with Crippen molar-refractivity contribution in [3.63, 3.8) is 0 Å². The maximum Gasteiger partial charge on any atom is 0.321 e. The van der Waals surface area contributed by atoms with Gasteiger partial charge in [-0.1, -0.05) is 60.7 Å². The van der Waals surface area contributed by atoms with E-state index in [1.807, 2.05) is 30.3 Å². The fraction of sp³-hybridized carbons (Fsp3) is 0.238. The zero-order chi connectivity index (χ0) is 20.4. The molecule has 28 heavy (non-hydrogen) atoms. The molecule has 2 aromatic carbocycles. The van der Waals surface area contributed by atoms with E-state index in [2.05, 4.69) is 10.6 Å². The summed E-state index contributed by atoms with van der Waals surface area (Å²) >= 11 is 0. The van der Waals surface area contributed by atoms with Crippen LogP contribution in [0.4, 0.5) is 4.79 Å². The van der Waals surface area contributed by atoms with Crippen molar-refractivity contribution in [2.24, 2.45) is 0 Å². The monoisotopic (exact) mass is 382 g/mol. The number of carbonyl (C=O) groups is 4. The molecular weight excluding hydrogens is 360 g/mol. The molecular formula is C21H22N2O5. The number of benzene rings is 2. The number of hydrogen-bond acceptors (Lipinski definition) is 5. The number of urea groups is 1. The fourth-order valence-electron chi connectivity index (χ4n) is 2.33. The molecule has 0 aliphatic rings. The lowest BCUT2D eigenvalue weighted by Gasteiger charge is -2.13. The quantitative estimate of drug-likeness (QED) is 0.540. The van der Waals surface area contributed by atoms with Gasteiger partial charge < -0.3 is 10.1 Å². The summed E-state index contributed by atoms with van der Waals surface area (Å²) in [5.41, 5.74) is 1.39. The van der Waals surface area contributed by atoms with Gasteiger partial charge in [-0.15, -0.1) is 0 Å². The third-order valence-electron chi connectivity index (χ3n) is 3.86. The molecule has 7 heteroatoms. The summed E-state index contributed by atoms with van der Waals surface area (Å²) < 4.78 is 4.98. The van der Waals surface area contributed by atoms with Gasteiger partial charge >= 0.3 is 12.0 Å². The molecule has 2 rings (SSSR count). The van der Waals surface area contributed by atoms with Crippen molar-refractivity contribution in [2.45, 2.75) is 32.4 Å². The molecule has 0 aliphatic carbocycles. The van der Waals surface area contributed by atoms with Gasteiger partial charge in [-0.25, -0.2) is 4.79 Å². The Morgan fingerprint density at radius 3 is 2.14 bits per heavy atom. The number of hydrogen-bond donors (Lipinski definition) is 2. The molecule has 0 saturated carbocycles. The second kappa shape index (κ2) is 10.6. The van der Waals surface area contributed by atoms with Crippen LogP contribution in [-0.2, 0) is 20.9 Å². The number of ether oxygens (including phenoxy) is 1. The van der Waals surface area contributed by atoms with E-state index in [0.717, 1.165) is 5.56 Å². The van der Waals surface area contributed by atoms with E-state index >= 15 is 0 Å². The average Bonchev–Trinajstić information content (AvgIpc) is 2.71. The molecule has 0 aromatic heterocycles. The molecule has 0 aliphatic heterocycles. The lowest BCUT2D eigenvalue weighted by Crippen LogP contribution is -2.44. The van der Waals surface area contributed by atoms with Crippen molar-refractivity contribution in [1.29, 1.82) is 0 Å². The number of Topliss-reactive ketones (excluding diaryl/α,β-unsaturated/α-hetero) is 1. The van der Waals surface area contributed by atoms with Gasteiger partial charge in [0.05, 0.1) is 6.42 Å². The van der Waals surface area contributed by atoms with Crippen molar-refractivity contribution < 1.29 is 23.9 Å². The van der Waals surface area contributed by atoms with Crippen LogP contribution in [-0.4, -0.2) is 29.8 Å². The Kier molecular flexibility index (Phi) is 7.90. The van der Waals surface area contributed by atoms with E-state index in [9.17, 15) is 19.2 Å². The Hall–Kier alpha value is -3.48. The molecule has 3 amide bonds. The Labute approximate surface area is 163 Å². The highest BCUT2D eigenvalue weighted by molar-refractivity contribution is 5.98. The lowest BCUT2D eigenvalue weighted by molar-refractivity contribution is -0.154. The van der Waals surface area contributed by atoms with E-state index in [-0.39, 0.29) is 25.2 Å². The summed E-state index contributed by atoms with van der Waals surface area (Å²) in [6.45, 7) is 1.62. The summed E-state index contributed by atoms with van der Waals surface area (Å²) in [4.78, 5) is 47.5. The van der Waals surface area contributed by atoms with Gasteiger partial charge in [-0.05, 0) is 12.5 Å². The molecule has 2 aromatic rings. The third-order valence-corrected chi connectivity index (χ3v) is 3.86. The molecule has 1 atom stereocenters. The van der Waals surface area contributed by atoms with E-state index in [1.54, 1.807) is 30.3 Å². The minimum absolute atomic E-state index is 0.0191. The molecule has 146 valence electrons. The van der Waals surface area contributed by atoms with Crippen LogP contribution < -0.4 is 10.6 Å². The second-order valence-electron chi connectivity index (χ2n) is 6.08. The molecule has 0 unspecified atom stereocenters. The lowest BCUT2D eigenvalue weighted by atomic mass is 10.1. The first-order chi connectivity index (χ1) is 13.5. The van der Waals surface area contributed by atoms with Gasteiger partial charge in [-0.3, -0.25) is 19.7 Å². The SMILES string of the molecule is C[C@@H](OC(=O)CCC(=O)c1ccccc1)C(=O)NC(=O)NCc1ccccc1. The van der Waals surface area contributed by atoms with Crippen LogP contribution in [0.2, 0.25) is 0 Å². The van der Waals surface area contributed by atoms with Crippen LogP contribution in [0.1, 0.15) is 35.7 Å². The maximum atomic E-state index is 12.0. The predicted octanol–water partition coefficient (Wildman–Crippen LogP) is 2.61. The smallest absolute Gasteiger partial charge is 0.321 e. The normalized spacial score (nSPS) is 11.2.